The molecule has 5 rings (SSSR count). The summed E-state index contributed by atoms with van der Waals surface area (Å²) in [6, 6.07) is 19.0. The molecule has 34 heavy (non-hydrogen) atoms. The molecule has 2 saturated heterocycles. The maximum absolute atomic E-state index is 14.7. The lowest BCUT2D eigenvalue weighted by molar-refractivity contribution is 0.0520. The molecule has 3 N–H and O–H groups in total. The molecule has 0 radical (unpaired) electrons. The smallest absolute Gasteiger partial charge is 0.167 e. The Kier molecular flexibility index (Phi) is 6.11. The number of para-hydroxylation sites is 1. The Morgan fingerprint density at radius 2 is 1.71 bits per heavy atom. The number of hydrogen-bond donors (Lipinski definition) is 3. The van der Waals surface area contributed by atoms with Gasteiger partial charge in [-0.3, -0.25) is 9.69 Å². The van der Waals surface area contributed by atoms with Gasteiger partial charge in [0, 0.05) is 55.5 Å². The van der Waals surface area contributed by atoms with Gasteiger partial charge < -0.3 is 15.5 Å². The Labute approximate surface area is 198 Å². The van der Waals surface area contributed by atoms with Crippen LogP contribution in [0.3, 0.4) is 0 Å². The van der Waals surface area contributed by atoms with Crippen LogP contribution >= 0.6 is 0 Å². The van der Waals surface area contributed by atoms with Crippen LogP contribution in [0.25, 0.3) is 0 Å². The summed E-state index contributed by atoms with van der Waals surface area (Å²) in [4.78, 5) is 16.3. The normalized spacial score (nSPS) is 23.4. The lowest BCUT2D eigenvalue weighted by Gasteiger charge is -2.49. The number of halogens is 1. The molecule has 3 aromatic carbocycles. The van der Waals surface area contributed by atoms with E-state index >= 15 is 0 Å². The molecule has 5 nitrogen and oxygen atoms in total. The predicted molar refractivity (Wildman–Crippen MR) is 129 cm³/mol. The summed E-state index contributed by atoms with van der Waals surface area (Å²) < 4.78 is 14.7. The quantitative estimate of drug-likeness (QED) is 0.498. The molecule has 2 fully saturated rings. The third kappa shape index (κ3) is 4.08. The average molecular weight is 461 g/mol. The van der Waals surface area contributed by atoms with Crippen molar-refractivity contribution in [1.29, 1.82) is 0 Å². The number of carbonyl (C=O) groups excluding carboxylic acids is 1. The van der Waals surface area contributed by atoms with Crippen LogP contribution in [0.2, 0.25) is 0 Å². The van der Waals surface area contributed by atoms with E-state index in [1.165, 1.54) is 12.1 Å². The van der Waals surface area contributed by atoms with E-state index in [1.807, 2.05) is 18.2 Å². The van der Waals surface area contributed by atoms with Crippen molar-refractivity contribution < 1.29 is 19.4 Å². The highest BCUT2D eigenvalue weighted by Gasteiger charge is 2.45. The Morgan fingerprint density at radius 3 is 2.41 bits per heavy atom. The zero-order chi connectivity index (χ0) is 23.8. The summed E-state index contributed by atoms with van der Waals surface area (Å²) in [5.41, 5.74) is 2.52. The molecule has 176 valence electrons. The van der Waals surface area contributed by atoms with Gasteiger partial charge in [0.15, 0.2) is 5.78 Å². The number of nitrogens with zero attached hydrogens (tertiary/aromatic N) is 1. The van der Waals surface area contributed by atoms with Gasteiger partial charge in [-0.15, -0.1) is 0 Å². The Balaban J connectivity index is 1.67. The van der Waals surface area contributed by atoms with Crippen molar-refractivity contribution in [2.24, 2.45) is 5.92 Å². The lowest BCUT2D eigenvalue weighted by Crippen LogP contribution is -2.61. The fraction of sp³-hybridized carbons (Fsp3) is 0.321. The molecule has 3 unspecified atom stereocenters. The van der Waals surface area contributed by atoms with Gasteiger partial charge >= 0.3 is 0 Å². The average Bonchev–Trinajstić information content (AvgIpc) is 2.79. The van der Waals surface area contributed by atoms with Crippen molar-refractivity contribution in [3.05, 3.63) is 94.8 Å². The van der Waals surface area contributed by atoms with E-state index in [-0.39, 0.29) is 34.9 Å². The summed E-state index contributed by atoms with van der Waals surface area (Å²) >= 11 is 0. The summed E-state index contributed by atoms with van der Waals surface area (Å²) in [6.07, 6.45) is 0. The SMILES string of the molecule is Cc1c(F)cccc1C1C(C(=O)c2cccc(O)c2)CN(C2CNC2)CC1c1ccccc1O. The van der Waals surface area contributed by atoms with Crippen molar-refractivity contribution in [3.63, 3.8) is 0 Å². The summed E-state index contributed by atoms with van der Waals surface area (Å²) in [5.74, 6) is -1.17. The van der Waals surface area contributed by atoms with Gasteiger partial charge in [-0.2, -0.15) is 0 Å². The number of likely N-dealkylation sites (tertiary alicyclic amines) is 1. The first-order valence-electron chi connectivity index (χ1n) is 11.7. The Bertz CT molecular complexity index is 1210. The molecule has 0 aromatic heterocycles. The first-order chi connectivity index (χ1) is 16.4. The molecule has 0 aliphatic carbocycles. The van der Waals surface area contributed by atoms with Crippen LogP contribution in [0, 0.1) is 18.7 Å². The number of hydrogen-bond acceptors (Lipinski definition) is 5. The standard InChI is InChI=1S/C28H29FN2O3/c1-17-21(9-5-10-25(17)29)27-23(22-8-2-3-11-26(22)33)15-31(19-13-30-14-19)16-24(27)28(34)18-6-4-7-20(32)12-18/h2-12,19,23-24,27,30,32-33H,13-16H2,1H3. The maximum Gasteiger partial charge on any atom is 0.167 e. The fourth-order valence-corrected chi connectivity index (χ4v) is 5.55. The second-order valence-electron chi connectivity index (χ2n) is 9.43. The molecule has 2 aliphatic rings. The van der Waals surface area contributed by atoms with Crippen molar-refractivity contribution >= 4 is 5.78 Å². The third-order valence-electron chi connectivity index (χ3n) is 7.48. The highest BCUT2D eigenvalue weighted by Crippen LogP contribution is 2.48. The fourth-order valence-electron chi connectivity index (χ4n) is 5.55. The number of ketones is 1. The molecule has 0 bridgehead atoms. The van der Waals surface area contributed by atoms with Crippen LogP contribution in [0.5, 0.6) is 11.5 Å². The first kappa shape index (κ1) is 22.6. The number of phenolic OH excluding ortho intramolecular Hbond substituents is 2. The molecule has 0 amide bonds. The summed E-state index contributed by atoms with van der Waals surface area (Å²) in [7, 11) is 0. The highest BCUT2D eigenvalue weighted by molar-refractivity contribution is 5.99. The molecule has 2 heterocycles. The third-order valence-corrected chi connectivity index (χ3v) is 7.48. The van der Waals surface area contributed by atoms with Gasteiger partial charge in [0.1, 0.15) is 17.3 Å². The van der Waals surface area contributed by atoms with Gasteiger partial charge in [-0.05, 0) is 47.9 Å². The minimum atomic E-state index is -0.471. The van der Waals surface area contributed by atoms with E-state index in [9.17, 15) is 19.4 Å². The largest absolute Gasteiger partial charge is 0.508 e. The topological polar surface area (TPSA) is 72.8 Å². The van der Waals surface area contributed by atoms with Crippen LogP contribution in [0.15, 0.2) is 66.7 Å². The minimum absolute atomic E-state index is 0.0393. The van der Waals surface area contributed by atoms with Crippen molar-refractivity contribution in [1.82, 2.24) is 10.2 Å². The molecule has 3 atom stereocenters. The van der Waals surface area contributed by atoms with Gasteiger partial charge in [0.2, 0.25) is 0 Å². The van der Waals surface area contributed by atoms with Gasteiger partial charge in [-0.25, -0.2) is 4.39 Å². The monoisotopic (exact) mass is 460 g/mol. The van der Waals surface area contributed by atoms with Crippen LogP contribution < -0.4 is 5.32 Å². The van der Waals surface area contributed by atoms with Gasteiger partial charge in [0.25, 0.3) is 0 Å². The number of Topliss-reactive ketones (excluding diaryl/α,β-unsaturated/α-hetero) is 1. The Morgan fingerprint density at radius 1 is 0.971 bits per heavy atom. The number of nitrogens with one attached hydrogen (secondary N) is 1. The molecule has 3 aromatic rings. The van der Waals surface area contributed by atoms with Crippen molar-refractivity contribution in [2.75, 3.05) is 26.2 Å². The van der Waals surface area contributed by atoms with E-state index in [4.69, 9.17) is 0 Å². The van der Waals surface area contributed by atoms with E-state index in [0.29, 0.717) is 30.3 Å². The minimum Gasteiger partial charge on any atom is -0.508 e. The summed E-state index contributed by atoms with van der Waals surface area (Å²) in [6.45, 7) is 4.65. The zero-order valence-corrected chi connectivity index (χ0v) is 19.1. The molecular weight excluding hydrogens is 431 g/mol. The van der Waals surface area contributed by atoms with Crippen LogP contribution in [-0.4, -0.2) is 53.1 Å². The van der Waals surface area contributed by atoms with Crippen LogP contribution in [-0.2, 0) is 0 Å². The van der Waals surface area contributed by atoms with E-state index in [1.54, 1.807) is 43.3 Å². The van der Waals surface area contributed by atoms with E-state index < -0.39 is 5.92 Å². The number of rotatable bonds is 5. The van der Waals surface area contributed by atoms with Gasteiger partial charge in [0.05, 0.1) is 0 Å². The van der Waals surface area contributed by atoms with Crippen LogP contribution in [0.1, 0.15) is 38.9 Å². The lowest BCUT2D eigenvalue weighted by atomic mass is 9.67. The van der Waals surface area contributed by atoms with Crippen LogP contribution in [0.4, 0.5) is 4.39 Å². The number of phenols is 2. The molecule has 6 heteroatoms. The van der Waals surface area contributed by atoms with Gasteiger partial charge in [-0.1, -0.05) is 42.5 Å². The maximum atomic E-state index is 14.7. The molecule has 2 aliphatic heterocycles. The second kappa shape index (κ2) is 9.20. The molecule has 0 saturated carbocycles. The first-order valence-corrected chi connectivity index (χ1v) is 11.7. The van der Waals surface area contributed by atoms with Crippen molar-refractivity contribution in [3.8, 4) is 11.5 Å². The predicted octanol–water partition coefficient (Wildman–Crippen LogP) is 4.20. The summed E-state index contributed by atoms with van der Waals surface area (Å²) in [5, 5.41) is 24.1. The van der Waals surface area contributed by atoms with E-state index in [0.717, 1.165) is 24.2 Å². The number of aromatic hydroxyl groups is 2. The number of piperidine rings is 1. The number of carbonyl (C=O) groups is 1. The zero-order valence-electron chi connectivity index (χ0n) is 19.1. The van der Waals surface area contributed by atoms with E-state index in [2.05, 4.69) is 10.2 Å². The Hall–Kier alpha value is -3.22. The highest BCUT2D eigenvalue weighted by atomic mass is 19.1. The molecular formula is C28H29FN2O3. The molecule has 0 spiro atoms. The van der Waals surface area contributed by atoms with Crippen molar-refractivity contribution in [2.45, 2.75) is 24.8 Å². The number of benzene rings is 3. The second-order valence-corrected chi connectivity index (χ2v) is 9.43.